The number of carboxylic acid groups (broad SMARTS) is 1. The van der Waals surface area contributed by atoms with Crippen LogP contribution in [0.4, 0.5) is 18.9 Å². The van der Waals surface area contributed by atoms with E-state index in [1.807, 2.05) is 0 Å². The number of aliphatic carboxylic acids is 1. The number of carbonyl (C=O) groups is 2. The predicted molar refractivity (Wildman–Crippen MR) is 73.1 cm³/mol. The van der Waals surface area contributed by atoms with Gasteiger partial charge in [0.2, 0.25) is 5.91 Å². The highest BCUT2D eigenvalue weighted by Gasteiger charge is 2.34. The van der Waals surface area contributed by atoms with Crippen LogP contribution in [0.25, 0.3) is 0 Å². The Morgan fingerprint density at radius 3 is 2.09 bits per heavy atom. The molecule has 0 aromatic heterocycles. The highest BCUT2D eigenvalue weighted by atomic mass is 19.4. The number of hydrogen-bond donors (Lipinski definition) is 2. The molecule has 0 saturated carbocycles. The highest BCUT2D eigenvalue weighted by Crippen LogP contribution is 2.31. The quantitative estimate of drug-likeness (QED) is 0.841. The molecule has 2 atom stereocenters. The zero-order chi connectivity index (χ0) is 16.3. The summed E-state index contributed by atoms with van der Waals surface area (Å²) in [5.74, 6) is -3.11. The molecule has 0 aliphatic heterocycles. The predicted octanol–water partition coefficient (Wildman–Crippen LogP) is 3.31. The maximum Gasteiger partial charge on any atom is 0.416 e. The van der Waals surface area contributed by atoms with E-state index in [9.17, 15) is 22.8 Å². The molecule has 0 bridgehead atoms. The third-order valence-electron chi connectivity index (χ3n) is 3.57. The Morgan fingerprint density at radius 1 is 1.05 bits per heavy atom. The van der Waals surface area contributed by atoms with Gasteiger partial charge in [-0.3, -0.25) is 9.59 Å². The maximum absolute atomic E-state index is 12.5. The maximum atomic E-state index is 12.5. The average molecular weight is 313 g/mol. The van der Waals surface area contributed by atoms with Crippen molar-refractivity contribution in [2.24, 2.45) is 11.8 Å². The Balaban J connectivity index is 2.08. The molecule has 0 saturated heterocycles. The Morgan fingerprint density at radius 2 is 1.59 bits per heavy atom. The van der Waals surface area contributed by atoms with Crippen molar-refractivity contribution in [2.75, 3.05) is 5.32 Å². The fraction of sp³-hybridized carbons (Fsp3) is 0.333. The summed E-state index contributed by atoms with van der Waals surface area (Å²) in [5.41, 5.74) is -0.605. The van der Waals surface area contributed by atoms with E-state index in [0.29, 0.717) is 6.42 Å². The molecule has 1 aromatic rings. The first kappa shape index (κ1) is 16.1. The van der Waals surface area contributed by atoms with Gasteiger partial charge >= 0.3 is 12.1 Å². The van der Waals surface area contributed by atoms with E-state index in [0.717, 1.165) is 24.3 Å². The monoisotopic (exact) mass is 313 g/mol. The highest BCUT2D eigenvalue weighted by molar-refractivity contribution is 5.95. The number of carbonyl (C=O) groups excluding carboxylic acids is 1. The number of carboxylic acids is 1. The van der Waals surface area contributed by atoms with Crippen molar-refractivity contribution >= 4 is 17.6 Å². The van der Waals surface area contributed by atoms with Gasteiger partial charge in [-0.05, 0) is 37.1 Å². The zero-order valence-electron chi connectivity index (χ0n) is 11.4. The van der Waals surface area contributed by atoms with Crippen LogP contribution in [0.2, 0.25) is 0 Å². The summed E-state index contributed by atoms with van der Waals surface area (Å²) in [5, 5.41) is 11.6. The Hall–Kier alpha value is -2.31. The van der Waals surface area contributed by atoms with E-state index < -0.39 is 35.5 Å². The van der Waals surface area contributed by atoms with Crippen LogP contribution in [0, 0.1) is 11.8 Å². The first-order valence-corrected chi connectivity index (χ1v) is 6.65. The minimum atomic E-state index is -4.44. The summed E-state index contributed by atoms with van der Waals surface area (Å²) in [4.78, 5) is 23.3. The van der Waals surface area contributed by atoms with Crippen molar-refractivity contribution in [1.82, 2.24) is 0 Å². The molecule has 1 aliphatic rings. The Labute approximate surface area is 124 Å². The van der Waals surface area contributed by atoms with Crippen LogP contribution in [0.5, 0.6) is 0 Å². The van der Waals surface area contributed by atoms with E-state index in [1.54, 1.807) is 12.2 Å². The van der Waals surface area contributed by atoms with Crippen LogP contribution >= 0.6 is 0 Å². The lowest BCUT2D eigenvalue weighted by Gasteiger charge is -2.24. The van der Waals surface area contributed by atoms with Gasteiger partial charge in [0.1, 0.15) is 0 Å². The van der Waals surface area contributed by atoms with Gasteiger partial charge in [0, 0.05) is 5.69 Å². The normalized spacial score (nSPS) is 21.4. The second kappa shape index (κ2) is 6.21. The molecule has 0 unspecified atom stereocenters. The molecule has 1 aliphatic carbocycles. The lowest BCUT2D eigenvalue weighted by Crippen LogP contribution is -2.34. The summed E-state index contributed by atoms with van der Waals surface area (Å²) >= 11 is 0. The van der Waals surface area contributed by atoms with E-state index in [2.05, 4.69) is 5.32 Å². The number of benzene rings is 1. The molecule has 0 radical (unpaired) electrons. The molecule has 0 heterocycles. The second-order valence-electron chi connectivity index (χ2n) is 5.06. The molecule has 4 nitrogen and oxygen atoms in total. The number of anilines is 1. The minimum absolute atomic E-state index is 0.205. The van der Waals surface area contributed by atoms with Gasteiger partial charge in [0.15, 0.2) is 0 Å². The zero-order valence-corrected chi connectivity index (χ0v) is 11.4. The molecule has 0 spiro atoms. The van der Waals surface area contributed by atoms with Gasteiger partial charge in [-0.2, -0.15) is 13.2 Å². The molecule has 2 rings (SSSR count). The molecule has 22 heavy (non-hydrogen) atoms. The van der Waals surface area contributed by atoms with Crippen molar-refractivity contribution in [3.05, 3.63) is 42.0 Å². The molecule has 1 aromatic carbocycles. The molecule has 1 amide bonds. The first-order chi connectivity index (χ1) is 10.3. The Bertz CT molecular complexity index is 593. The summed E-state index contributed by atoms with van der Waals surface area (Å²) < 4.78 is 37.4. The number of alkyl halides is 3. The molecule has 2 N–H and O–H groups in total. The van der Waals surface area contributed by atoms with Crippen LogP contribution in [0.15, 0.2) is 36.4 Å². The van der Waals surface area contributed by atoms with Crippen molar-refractivity contribution in [3.8, 4) is 0 Å². The minimum Gasteiger partial charge on any atom is -0.481 e. The van der Waals surface area contributed by atoms with E-state index in [-0.39, 0.29) is 12.1 Å². The molecule has 7 heteroatoms. The molecule has 118 valence electrons. The van der Waals surface area contributed by atoms with E-state index >= 15 is 0 Å². The third kappa shape index (κ3) is 3.66. The number of nitrogens with one attached hydrogen (secondary N) is 1. The summed E-state index contributed by atoms with van der Waals surface area (Å²) in [6.07, 6.45) is -0.438. The van der Waals surface area contributed by atoms with Gasteiger partial charge in [-0.15, -0.1) is 0 Å². The van der Waals surface area contributed by atoms with Crippen molar-refractivity contribution in [3.63, 3.8) is 0 Å². The van der Waals surface area contributed by atoms with Crippen LogP contribution in [-0.2, 0) is 15.8 Å². The number of hydrogen-bond acceptors (Lipinski definition) is 2. The van der Waals surface area contributed by atoms with Gasteiger partial charge in [0.05, 0.1) is 17.4 Å². The summed E-state index contributed by atoms with van der Waals surface area (Å²) in [7, 11) is 0. The summed E-state index contributed by atoms with van der Waals surface area (Å²) in [6, 6.07) is 4.03. The number of amides is 1. The van der Waals surface area contributed by atoms with Crippen LogP contribution < -0.4 is 5.32 Å². The SMILES string of the molecule is O=C(O)[C@@H]1CC=CC[C@H]1C(=O)Nc1ccc(C(F)(F)F)cc1. The van der Waals surface area contributed by atoms with E-state index in [1.165, 1.54) is 0 Å². The summed E-state index contributed by atoms with van der Waals surface area (Å²) in [6.45, 7) is 0. The lowest BCUT2D eigenvalue weighted by molar-refractivity contribution is -0.146. The molecular weight excluding hydrogens is 299 g/mol. The average Bonchev–Trinajstić information content (AvgIpc) is 2.46. The largest absolute Gasteiger partial charge is 0.481 e. The van der Waals surface area contributed by atoms with Gasteiger partial charge < -0.3 is 10.4 Å². The van der Waals surface area contributed by atoms with Gasteiger partial charge in [-0.25, -0.2) is 0 Å². The van der Waals surface area contributed by atoms with Crippen LogP contribution in [-0.4, -0.2) is 17.0 Å². The fourth-order valence-electron chi connectivity index (χ4n) is 2.35. The van der Waals surface area contributed by atoms with Gasteiger partial charge in [0.25, 0.3) is 0 Å². The van der Waals surface area contributed by atoms with Crippen LogP contribution in [0.3, 0.4) is 0 Å². The molecular formula is C15H14F3NO3. The smallest absolute Gasteiger partial charge is 0.416 e. The third-order valence-corrected chi connectivity index (χ3v) is 3.57. The fourth-order valence-corrected chi connectivity index (χ4v) is 2.35. The molecule has 0 fully saturated rings. The topological polar surface area (TPSA) is 66.4 Å². The standard InChI is InChI=1S/C15H14F3NO3/c16-15(17,18)9-5-7-10(8-6-9)19-13(20)11-3-1-2-4-12(11)14(21)22/h1-2,5-8,11-12H,3-4H2,(H,19,20)(H,21,22)/t11-,12-/m1/s1. The second-order valence-corrected chi connectivity index (χ2v) is 5.06. The lowest BCUT2D eigenvalue weighted by atomic mass is 9.82. The Kier molecular flexibility index (Phi) is 4.54. The van der Waals surface area contributed by atoms with Crippen LogP contribution in [0.1, 0.15) is 18.4 Å². The van der Waals surface area contributed by atoms with Gasteiger partial charge in [-0.1, -0.05) is 12.2 Å². The number of rotatable bonds is 3. The van der Waals surface area contributed by atoms with Crippen molar-refractivity contribution < 1.29 is 27.9 Å². The van der Waals surface area contributed by atoms with Crippen molar-refractivity contribution in [1.29, 1.82) is 0 Å². The number of allylic oxidation sites excluding steroid dienone is 2. The van der Waals surface area contributed by atoms with E-state index in [4.69, 9.17) is 5.11 Å². The first-order valence-electron chi connectivity index (χ1n) is 6.65. The number of halogens is 3. The van der Waals surface area contributed by atoms with Crippen molar-refractivity contribution in [2.45, 2.75) is 19.0 Å².